The number of carbonyl (C=O) groups excluding carboxylic acids is 2. The first-order valence-electron chi connectivity index (χ1n) is 8.55. The molecule has 0 bridgehead atoms. The fourth-order valence-corrected chi connectivity index (χ4v) is 3.79. The molecule has 29 heavy (non-hydrogen) atoms. The van der Waals surface area contributed by atoms with Crippen molar-refractivity contribution in [2.75, 3.05) is 16.4 Å². The molecule has 0 aliphatic rings. The number of hydrogen-bond donors (Lipinski definition) is 2. The Balaban J connectivity index is 1.51. The highest BCUT2D eigenvalue weighted by atomic mass is 32.2. The average molecular weight is 428 g/mol. The van der Waals surface area contributed by atoms with Gasteiger partial charge in [0.15, 0.2) is 0 Å². The first kappa shape index (κ1) is 20.6. The summed E-state index contributed by atoms with van der Waals surface area (Å²) in [6, 6.07) is 15.1. The SMILES string of the molecule is Cc1cc([N+](=O)[O-])ccc1NC(=O)CSc1ccc(NC(=O)c2cccs2)cc1. The second-order valence-corrected chi connectivity index (χ2v) is 8.05. The Morgan fingerprint density at radius 2 is 1.86 bits per heavy atom. The molecule has 0 aliphatic carbocycles. The van der Waals surface area contributed by atoms with Gasteiger partial charge >= 0.3 is 0 Å². The van der Waals surface area contributed by atoms with Crippen molar-refractivity contribution in [3.05, 3.63) is 80.5 Å². The number of thiophene rings is 1. The van der Waals surface area contributed by atoms with Crippen molar-refractivity contribution in [3.63, 3.8) is 0 Å². The molecule has 148 valence electrons. The Morgan fingerprint density at radius 3 is 2.48 bits per heavy atom. The number of rotatable bonds is 7. The van der Waals surface area contributed by atoms with Crippen LogP contribution < -0.4 is 10.6 Å². The smallest absolute Gasteiger partial charge is 0.269 e. The molecule has 1 heterocycles. The van der Waals surface area contributed by atoms with Crippen LogP contribution in [-0.4, -0.2) is 22.5 Å². The molecule has 2 aromatic carbocycles. The predicted molar refractivity (Wildman–Crippen MR) is 116 cm³/mol. The molecule has 1 aromatic heterocycles. The van der Waals surface area contributed by atoms with Crippen LogP contribution in [0.3, 0.4) is 0 Å². The van der Waals surface area contributed by atoms with Crippen molar-refractivity contribution in [2.45, 2.75) is 11.8 Å². The summed E-state index contributed by atoms with van der Waals surface area (Å²) in [5.74, 6) is -0.169. The van der Waals surface area contributed by atoms with E-state index >= 15 is 0 Å². The molecule has 0 radical (unpaired) electrons. The van der Waals surface area contributed by atoms with Gasteiger partial charge in [0, 0.05) is 28.4 Å². The number of amides is 2. The van der Waals surface area contributed by atoms with Crippen LogP contribution >= 0.6 is 23.1 Å². The van der Waals surface area contributed by atoms with E-state index in [4.69, 9.17) is 0 Å². The lowest BCUT2D eigenvalue weighted by atomic mass is 10.2. The number of nitrogens with zero attached hydrogens (tertiary/aromatic N) is 1. The first-order chi connectivity index (χ1) is 13.9. The number of thioether (sulfide) groups is 1. The minimum atomic E-state index is -0.471. The third-order valence-electron chi connectivity index (χ3n) is 3.92. The zero-order valence-corrected chi connectivity index (χ0v) is 17.0. The van der Waals surface area contributed by atoms with Crippen molar-refractivity contribution < 1.29 is 14.5 Å². The van der Waals surface area contributed by atoms with Gasteiger partial charge in [-0.15, -0.1) is 23.1 Å². The van der Waals surface area contributed by atoms with Gasteiger partial charge in [-0.2, -0.15) is 0 Å². The number of nitrogens with one attached hydrogen (secondary N) is 2. The summed E-state index contributed by atoms with van der Waals surface area (Å²) in [5, 5.41) is 18.2. The van der Waals surface area contributed by atoms with Crippen molar-refractivity contribution in [1.82, 2.24) is 0 Å². The molecule has 9 heteroatoms. The Kier molecular flexibility index (Phi) is 6.63. The molecule has 0 atom stereocenters. The first-order valence-corrected chi connectivity index (χ1v) is 10.4. The molecule has 0 saturated carbocycles. The number of nitro groups is 1. The zero-order chi connectivity index (χ0) is 20.8. The summed E-state index contributed by atoms with van der Waals surface area (Å²) >= 11 is 2.73. The maximum Gasteiger partial charge on any atom is 0.269 e. The lowest BCUT2D eigenvalue weighted by Crippen LogP contribution is -2.14. The molecule has 7 nitrogen and oxygen atoms in total. The molecular weight excluding hydrogens is 410 g/mol. The quantitative estimate of drug-likeness (QED) is 0.316. The van der Waals surface area contributed by atoms with Gasteiger partial charge in [-0.05, 0) is 54.3 Å². The van der Waals surface area contributed by atoms with Crippen LogP contribution in [0, 0.1) is 17.0 Å². The number of anilines is 2. The second-order valence-electron chi connectivity index (χ2n) is 6.05. The fraction of sp³-hybridized carbons (Fsp3) is 0.100. The lowest BCUT2D eigenvalue weighted by molar-refractivity contribution is -0.384. The fourth-order valence-electron chi connectivity index (χ4n) is 2.47. The maximum absolute atomic E-state index is 12.2. The highest BCUT2D eigenvalue weighted by molar-refractivity contribution is 8.00. The maximum atomic E-state index is 12.2. The number of nitro benzene ring substituents is 1. The molecule has 2 N–H and O–H groups in total. The zero-order valence-electron chi connectivity index (χ0n) is 15.4. The van der Waals surface area contributed by atoms with E-state index in [0.29, 0.717) is 21.8 Å². The highest BCUT2D eigenvalue weighted by Crippen LogP contribution is 2.24. The van der Waals surface area contributed by atoms with Gasteiger partial charge in [0.1, 0.15) is 0 Å². The van der Waals surface area contributed by atoms with Crippen molar-refractivity contribution in [1.29, 1.82) is 0 Å². The van der Waals surface area contributed by atoms with Crippen LogP contribution in [0.15, 0.2) is 64.9 Å². The summed E-state index contributed by atoms with van der Waals surface area (Å²) in [6.07, 6.45) is 0. The number of carbonyl (C=O) groups is 2. The summed E-state index contributed by atoms with van der Waals surface area (Å²) in [5.41, 5.74) is 1.84. The molecule has 2 amide bonds. The number of aryl methyl sites for hydroxylation is 1. The normalized spacial score (nSPS) is 10.4. The van der Waals surface area contributed by atoms with Crippen LogP contribution in [0.4, 0.5) is 17.1 Å². The Morgan fingerprint density at radius 1 is 1.10 bits per heavy atom. The monoisotopic (exact) mass is 427 g/mol. The predicted octanol–water partition coefficient (Wildman–Crippen LogP) is 4.95. The number of benzene rings is 2. The molecule has 3 aromatic rings. The third-order valence-corrected chi connectivity index (χ3v) is 5.80. The van der Waals surface area contributed by atoms with Gasteiger partial charge in [-0.3, -0.25) is 19.7 Å². The molecule has 0 saturated heterocycles. The van der Waals surface area contributed by atoms with E-state index in [1.54, 1.807) is 25.1 Å². The van der Waals surface area contributed by atoms with Gasteiger partial charge < -0.3 is 10.6 Å². The molecule has 0 spiro atoms. The average Bonchev–Trinajstić information content (AvgIpc) is 3.24. The van der Waals surface area contributed by atoms with E-state index in [0.717, 1.165) is 4.90 Å². The van der Waals surface area contributed by atoms with Crippen LogP contribution in [0.5, 0.6) is 0 Å². The largest absolute Gasteiger partial charge is 0.325 e. The highest BCUT2D eigenvalue weighted by Gasteiger charge is 2.11. The van der Waals surface area contributed by atoms with Gasteiger partial charge in [-0.25, -0.2) is 0 Å². The Labute approximate surface area is 175 Å². The van der Waals surface area contributed by atoms with Gasteiger partial charge in [0.25, 0.3) is 11.6 Å². The van der Waals surface area contributed by atoms with Crippen molar-refractivity contribution in [2.24, 2.45) is 0 Å². The van der Waals surface area contributed by atoms with E-state index in [1.807, 2.05) is 23.6 Å². The number of non-ortho nitro benzene ring substituents is 1. The van der Waals surface area contributed by atoms with Crippen molar-refractivity contribution >= 4 is 52.0 Å². The van der Waals surface area contributed by atoms with Gasteiger partial charge in [-0.1, -0.05) is 6.07 Å². The van der Waals surface area contributed by atoms with Crippen molar-refractivity contribution in [3.8, 4) is 0 Å². The molecule has 0 unspecified atom stereocenters. The van der Waals surface area contributed by atoms with E-state index in [2.05, 4.69) is 10.6 Å². The van der Waals surface area contributed by atoms with Gasteiger partial charge in [0.2, 0.25) is 5.91 Å². The van der Waals surface area contributed by atoms with E-state index in [1.165, 1.54) is 41.3 Å². The van der Waals surface area contributed by atoms with Crippen LogP contribution in [-0.2, 0) is 4.79 Å². The summed E-state index contributed by atoms with van der Waals surface area (Å²) in [4.78, 5) is 36.1. The molecule has 0 fully saturated rings. The van der Waals surface area contributed by atoms with Gasteiger partial charge in [0.05, 0.1) is 15.6 Å². The second kappa shape index (κ2) is 9.35. The minimum Gasteiger partial charge on any atom is -0.325 e. The lowest BCUT2D eigenvalue weighted by Gasteiger charge is -2.09. The third kappa shape index (κ3) is 5.66. The van der Waals surface area contributed by atoms with E-state index < -0.39 is 4.92 Å². The topological polar surface area (TPSA) is 101 Å². The van der Waals surface area contributed by atoms with E-state index in [9.17, 15) is 19.7 Å². The summed E-state index contributed by atoms with van der Waals surface area (Å²) in [7, 11) is 0. The standard InChI is InChI=1S/C20H17N3O4S2/c1-13-11-15(23(26)27)6-9-17(13)22-19(24)12-29-16-7-4-14(5-8-16)21-20(25)18-3-2-10-28-18/h2-11H,12H2,1H3,(H,21,25)(H,22,24). The van der Waals surface area contributed by atoms with Crippen LogP contribution in [0.2, 0.25) is 0 Å². The molecule has 0 aliphatic heterocycles. The Bertz CT molecular complexity index is 1030. The summed E-state index contributed by atoms with van der Waals surface area (Å²) in [6.45, 7) is 1.71. The summed E-state index contributed by atoms with van der Waals surface area (Å²) < 4.78 is 0. The molecular formula is C20H17N3O4S2. The molecule has 3 rings (SSSR count). The minimum absolute atomic E-state index is 0.0128. The van der Waals surface area contributed by atoms with Crippen LogP contribution in [0.1, 0.15) is 15.2 Å². The van der Waals surface area contributed by atoms with E-state index in [-0.39, 0.29) is 23.3 Å². The Hall–Kier alpha value is -3.17. The van der Waals surface area contributed by atoms with Crippen LogP contribution in [0.25, 0.3) is 0 Å². The number of hydrogen-bond acceptors (Lipinski definition) is 6.